The van der Waals surface area contributed by atoms with Crippen molar-refractivity contribution in [3.8, 4) is 5.75 Å². The normalized spacial score (nSPS) is 10.5. The molecule has 0 aliphatic rings. The zero-order valence-corrected chi connectivity index (χ0v) is 14.7. The molecular weight excluding hydrogens is 282 g/mol. The molecule has 0 fully saturated rings. The molecule has 0 radical (unpaired) electrons. The van der Waals surface area contributed by atoms with Gasteiger partial charge in [0.1, 0.15) is 5.75 Å². The topological polar surface area (TPSA) is 52.6 Å². The standard InChI is InChI=1S/C8H11O2P.C3H9O2P.C2H6/c1-11(2,9)10-8-6-4-3-5-7-8;1-5-6(2,3)4;1-2/h3-7H,1-2H3;1-3H3;1-2H3. The van der Waals surface area contributed by atoms with E-state index in [4.69, 9.17) is 4.52 Å². The van der Waals surface area contributed by atoms with Crippen LogP contribution in [-0.2, 0) is 13.7 Å². The molecule has 0 atom stereocenters. The van der Waals surface area contributed by atoms with E-state index in [2.05, 4.69) is 4.52 Å². The molecule has 0 amide bonds. The summed E-state index contributed by atoms with van der Waals surface area (Å²) in [7, 11) is -3.09. The zero-order valence-electron chi connectivity index (χ0n) is 12.9. The predicted molar refractivity (Wildman–Crippen MR) is 84.3 cm³/mol. The maximum absolute atomic E-state index is 11.2. The van der Waals surface area contributed by atoms with Gasteiger partial charge in [-0.05, 0) is 12.1 Å². The van der Waals surface area contributed by atoms with Crippen molar-refractivity contribution in [2.75, 3.05) is 33.8 Å². The Morgan fingerprint density at radius 3 is 1.47 bits per heavy atom. The lowest BCUT2D eigenvalue weighted by Crippen LogP contribution is -1.87. The van der Waals surface area contributed by atoms with E-state index in [1.54, 1.807) is 38.8 Å². The Balaban J connectivity index is 0. The van der Waals surface area contributed by atoms with E-state index < -0.39 is 14.7 Å². The molecule has 0 spiro atoms. The molecule has 0 unspecified atom stereocenters. The van der Waals surface area contributed by atoms with Crippen molar-refractivity contribution in [2.45, 2.75) is 13.8 Å². The van der Waals surface area contributed by atoms with Gasteiger partial charge in [0, 0.05) is 33.8 Å². The quantitative estimate of drug-likeness (QED) is 0.753. The highest BCUT2D eigenvalue weighted by Crippen LogP contribution is 2.38. The van der Waals surface area contributed by atoms with Gasteiger partial charge in [-0.25, -0.2) is 0 Å². The first-order chi connectivity index (χ1) is 8.64. The summed E-state index contributed by atoms with van der Waals surface area (Å²) in [6.45, 7) is 10.3. The highest BCUT2D eigenvalue weighted by molar-refractivity contribution is 7.57. The Labute approximate surface area is 117 Å². The first-order valence-corrected chi connectivity index (χ1v) is 11.1. The van der Waals surface area contributed by atoms with Crippen LogP contribution < -0.4 is 4.52 Å². The van der Waals surface area contributed by atoms with E-state index in [0.29, 0.717) is 5.75 Å². The molecule has 112 valence electrons. The first kappa shape index (κ1) is 20.8. The molecule has 0 bridgehead atoms. The second-order valence-electron chi connectivity index (χ2n) is 4.09. The van der Waals surface area contributed by atoms with Crippen molar-refractivity contribution in [3.05, 3.63) is 30.3 Å². The summed E-state index contributed by atoms with van der Waals surface area (Å²) in [6, 6.07) is 9.18. The minimum Gasteiger partial charge on any atom is -0.443 e. The van der Waals surface area contributed by atoms with Crippen molar-refractivity contribution >= 4 is 14.7 Å². The highest BCUT2D eigenvalue weighted by Gasteiger charge is 2.07. The van der Waals surface area contributed by atoms with Gasteiger partial charge in [-0.1, -0.05) is 32.0 Å². The summed E-state index contributed by atoms with van der Waals surface area (Å²) in [5.74, 6) is 0.667. The van der Waals surface area contributed by atoms with E-state index >= 15 is 0 Å². The van der Waals surface area contributed by atoms with Crippen LogP contribution in [0.3, 0.4) is 0 Å². The Bertz CT molecular complexity index is 406. The Hall–Kier alpha value is -0.560. The van der Waals surface area contributed by atoms with Gasteiger partial charge in [0.25, 0.3) is 0 Å². The van der Waals surface area contributed by atoms with Crippen LogP contribution in [0.1, 0.15) is 13.8 Å². The van der Waals surface area contributed by atoms with Gasteiger partial charge in [-0.2, -0.15) is 0 Å². The number of benzene rings is 1. The average molecular weight is 308 g/mol. The predicted octanol–water partition coefficient (Wildman–Crippen LogP) is 4.80. The van der Waals surface area contributed by atoms with Crippen LogP contribution in [-0.4, -0.2) is 33.8 Å². The van der Waals surface area contributed by atoms with E-state index in [-0.39, 0.29) is 0 Å². The third kappa shape index (κ3) is 17.4. The van der Waals surface area contributed by atoms with Gasteiger partial charge in [0.2, 0.25) is 7.37 Å². The number of hydrogen-bond acceptors (Lipinski definition) is 4. The van der Waals surface area contributed by atoms with E-state index in [9.17, 15) is 9.13 Å². The second-order valence-corrected chi connectivity index (χ2v) is 9.65. The maximum atomic E-state index is 11.2. The summed E-state index contributed by atoms with van der Waals surface area (Å²) in [5.41, 5.74) is 0. The van der Waals surface area contributed by atoms with Crippen LogP contribution in [0.15, 0.2) is 30.3 Å². The molecule has 0 aromatic heterocycles. The van der Waals surface area contributed by atoms with E-state index in [1.165, 1.54) is 7.11 Å². The lowest BCUT2D eigenvalue weighted by Gasteiger charge is -2.08. The lowest BCUT2D eigenvalue weighted by atomic mass is 10.3. The third-order valence-electron chi connectivity index (χ3n) is 1.51. The minimum absolute atomic E-state index is 0.667. The molecule has 4 nitrogen and oxygen atoms in total. The van der Waals surface area contributed by atoms with Crippen LogP contribution >= 0.6 is 14.7 Å². The van der Waals surface area contributed by atoms with Gasteiger partial charge in [-0.15, -0.1) is 0 Å². The summed E-state index contributed by atoms with van der Waals surface area (Å²) in [5, 5.41) is 0. The number of rotatable bonds is 3. The van der Waals surface area contributed by atoms with Crippen LogP contribution in [0.5, 0.6) is 5.75 Å². The molecule has 0 aliphatic heterocycles. The molecule has 0 saturated carbocycles. The molecule has 1 aromatic rings. The molecular formula is C13H26O4P2. The largest absolute Gasteiger partial charge is 0.443 e. The summed E-state index contributed by atoms with van der Waals surface area (Å²) in [4.78, 5) is 0. The molecule has 0 aliphatic carbocycles. The second kappa shape index (κ2) is 10.3. The van der Waals surface area contributed by atoms with E-state index in [0.717, 1.165) is 0 Å². The van der Waals surface area contributed by atoms with Gasteiger partial charge in [0.15, 0.2) is 7.37 Å². The maximum Gasteiger partial charge on any atom is 0.242 e. The Morgan fingerprint density at radius 1 is 0.842 bits per heavy atom. The summed E-state index contributed by atoms with van der Waals surface area (Å²) >= 11 is 0. The van der Waals surface area contributed by atoms with Crippen LogP contribution in [0.25, 0.3) is 0 Å². The van der Waals surface area contributed by atoms with Crippen LogP contribution in [0.2, 0.25) is 0 Å². The fourth-order valence-corrected chi connectivity index (χ4v) is 1.36. The molecule has 1 aromatic carbocycles. The van der Waals surface area contributed by atoms with Gasteiger partial charge in [0.05, 0.1) is 0 Å². The Morgan fingerprint density at radius 2 is 1.21 bits per heavy atom. The lowest BCUT2D eigenvalue weighted by molar-refractivity contribution is 0.404. The fourth-order valence-electron chi connectivity index (χ4n) is 0.735. The fraction of sp³-hybridized carbons (Fsp3) is 0.538. The summed E-state index contributed by atoms with van der Waals surface area (Å²) in [6.07, 6.45) is 0. The van der Waals surface area contributed by atoms with Crippen LogP contribution in [0, 0.1) is 0 Å². The molecule has 0 N–H and O–H groups in total. The van der Waals surface area contributed by atoms with Crippen molar-refractivity contribution in [3.63, 3.8) is 0 Å². The van der Waals surface area contributed by atoms with Gasteiger partial charge < -0.3 is 9.05 Å². The average Bonchev–Trinajstić information content (AvgIpc) is 2.31. The van der Waals surface area contributed by atoms with Crippen LogP contribution in [0.4, 0.5) is 0 Å². The number of hydrogen-bond donors (Lipinski definition) is 0. The molecule has 0 heterocycles. The minimum atomic E-state index is -2.39. The third-order valence-corrected chi connectivity index (χ3v) is 3.04. The molecule has 6 heteroatoms. The molecule has 19 heavy (non-hydrogen) atoms. The molecule has 0 saturated heterocycles. The van der Waals surface area contributed by atoms with Gasteiger partial charge in [-0.3, -0.25) is 9.13 Å². The SMILES string of the molecule is CC.COP(C)(C)=O.CP(C)(=O)Oc1ccccc1. The monoisotopic (exact) mass is 308 g/mol. The van der Waals surface area contributed by atoms with E-state index in [1.807, 2.05) is 32.0 Å². The van der Waals surface area contributed by atoms with Crippen molar-refractivity contribution in [1.29, 1.82) is 0 Å². The van der Waals surface area contributed by atoms with Crippen molar-refractivity contribution in [2.24, 2.45) is 0 Å². The molecule has 1 rings (SSSR count). The Kier molecular flexibility index (Phi) is 11.2. The van der Waals surface area contributed by atoms with Crippen molar-refractivity contribution in [1.82, 2.24) is 0 Å². The smallest absolute Gasteiger partial charge is 0.242 e. The zero-order chi connectivity index (χ0) is 15.5. The number of para-hydroxylation sites is 1. The summed E-state index contributed by atoms with van der Waals surface area (Å²) < 4.78 is 31.2. The first-order valence-electron chi connectivity index (χ1n) is 6.04. The highest BCUT2D eigenvalue weighted by atomic mass is 31.2. The van der Waals surface area contributed by atoms with Crippen molar-refractivity contribution < 1.29 is 18.2 Å². The van der Waals surface area contributed by atoms with Gasteiger partial charge >= 0.3 is 0 Å².